The smallest absolute Gasteiger partial charge is 0.404 e. The first-order valence-corrected chi connectivity index (χ1v) is 12.4. The molecule has 8 nitrogen and oxygen atoms in total. The Morgan fingerprint density at radius 2 is 1.87 bits per heavy atom. The maximum absolute atomic E-state index is 14.9. The van der Waals surface area contributed by atoms with E-state index in [0.29, 0.717) is 30.8 Å². The average molecular weight is 528 g/mol. The van der Waals surface area contributed by atoms with Gasteiger partial charge in [-0.05, 0) is 61.1 Å². The number of rotatable bonds is 7. The van der Waals surface area contributed by atoms with Crippen LogP contribution in [0.3, 0.4) is 0 Å². The van der Waals surface area contributed by atoms with E-state index >= 15 is 0 Å². The fourth-order valence-electron chi connectivity index (χ4n) is 5.04. The molecule has 38 heavy (non-hydrogen) atoms. The number of carbonyl (C=O) groups is 1. The molecule has 1 aromatic carbocycles. The van der Waals surface area contributed by atoms with E-state index in [9.17, 15) is 23.1 Å². The van der Waals surface area contributed by atoms with Crippen molar-refractivity contribution in [3.05, 3.63) is 71.4 Å². The third-order valence-electron chi connectivity index (χ3n) is 7.03. The number of benzene rings is 1. The summed E-state index contributed by atoms with van der Waals surface area (Å²) < 4.78 is 44.4. The summed E-state index contributed by atoms with van der Waals surface area (Å²) in [5.74, 6) is -2.60. The normalized spacial score (nSPS) is 20.2. The van der Waals surface area contributed by atoms with Crippen molar-refractivity contribution >= 4 is 17.5 Å². The van der Waals surface area contributed by atoms with Crippen LogP contribution in [-0.2, 0) is 12.1 Å². The summed E-state index contributed by atoms with van der Waals surface area (Å²) >= 11 is 0. The summed E-state index contributed by atoms with van der Waals surface area (Å²) in [6.07, 6.45) is 3.76. The molecule has 1 aliphatic heterocycles. The number of amides is 1. The molecule has 5 rings (SSSR count). The molecule has 2 fully saturated rings. The Balaban J connectivity index is 1.36. The van der Waals surface area contributed by atoms with Gasteiger partial charge in [-0.1, -0.05) is 6.92 Å². The SMILES string of the molecule is C[C@@H]1C[C@H](NC(=O)O)CN(c2ccncc2NCc2ccc(F)c(-c3c(F)cc(C4(O)CC4)cc3F)n2)C1. The number of aromatic nitrogens is 2. The predicted octanol–water partition coefficient (Wildman–Crippen LogP) is 4.64. The summed E-state index contributed by atoms with van der Waals surface area (Å²) in [5, 5.41) is 25.1. The van der Waals surface area contributed by atoms with E-state index in [-0.39, 0.29) is 24.1 Å². The molecule has 2 atom stereocenters. The highest BCUT2D eigenvalue weighted by atomic mass is 19.1. The number of pyridine rings is 2. The lowest BCUT2D eigenvalue weighted by atomic mass is 9.95. The Morgan fingerprint density at radius 1 is 1.13 bits per heavy atom. The number of hydrogen-bond donors (Lipinski definition) is 4. The first-order valence-electron chi connectivity index (χ1n) is 12.4. The summed E-state index contributed by atoms with van der Waals surface area (Å²) in [4.78, 5) is 21.6. The van der Waals surface area contributed by atoms with Gasteiger partial charge in [0.25, 0.3) is 0 Å². The number of nitrogens with zero attached hydrogens (tertiary/aromatic N) is 3. The zero-order chi connectivity index (χ0) is 27.0. The Morgan fingerprint density at radius 3 is 2.55 bits per heavy atom. The molecule has 3 aromatic rings. The van der Waals surface area contributed by atoms with Crippen LogP contribution < -0.4 is 15.5 Å². The number of aliphatic hydroxyl groups is 1. The largest absolute Gasteiger partial charge is 0.465 e. The van der Waals surface area contributed by atoms with Gasteiger partial charge in [0.05, 0.1) is 41.0 Å². The van der Waals surface area contributed by atoms with E-state index < -0.39 is 40.4 Å². The fourth-order valence-corrected chi connectivity index (χ4v) is 5.04. The van der Waals surface area contributed by atoms with Crippen molar-refractivity contribution in [2.24, 2.45) is 5.92 Å². The van der Waals surface area contributed by atoms with Crippen molar-refractivity contribution < 1.29 is 28.2 Å². The maximum atomic E-state index is 14.9. The Bertz CT molecular complexity index is 1340. The Labute approximate surface area is 217 Å². The van der Waals surface area contributed by atoms with Crippen molar-refractivity contribution in [1.29, 1.82) is 0 Å². The van der Waals surface area contributed by atoms with Gasteiger partial charge in [-0.25, -0.2) is 22.9 Å². The highest BCUT2D eigenvalue weighted by molar-refractivity contribution is 5.70. The number of piperidine rings is 1. The van der Waals surface area contributed by atoms with Gasteiger partial charge in [-0.15, -0.1) is 0 Å². The van der Waals surface area contributed by atoms with Crippen LogP contribution in [0.2, 0.25) is 0 Å². The van der Waals surface area contributed by atoms with Gasteiger partial charge in [0, 0.05) is 25.3 Å². The first-order chi connectivity index (χ1) is 18.1. The Hall–Kier alpha value is -3.86. The third-order valence-corrected chi connectivity index (χ3v) is 7.03. The van der Waals surface area contributed by atoms with Crippen LogP contribution in [0.25, 0.3) is 11.3 Å². The second kappa shape index (κ2) is 10.1. The lowest BCUT2D eigenvalue weighted by Gasteiger charge is -2.38. The van der Waals surface area contributed by atoms with Crippen molar-refractivity contribution in [2.75, 3.05) is 23.3 Å². The molecule has 0 unspecified atom stereocenters. The number of carboxylic acid groups (broad SMARTS) is 1. The second-order valence-electron chi connectivity index (χ2n) is 10.1. The number of hydrogen-bond acceptors (Lipinski definition) is 6. The minimum atomic E-state index is -1.23. The molecule has 0 spiro atoms. The van der Waals surface area contributed by atoms with Gasteiger partial charge in [0.15, 0.2) is 0 Å². The van der Waals surface area contributed by atoms with Crippen LogP contribution in [0.4, 0.5) is 29.3 Å². The summed E-state index contributed by atoms with van der Waals surface area (Å²) in [6, 6.07) is 6.20. The first kappa shape index (κ1) is 25.8. The topological polar surface area (TPSA) is 111 Å². The van der Waals surface area contributed by atoms with Crippen molar-refractivity contribution in [1.82, 2.24) is 15.3 Å². The van der Waals surface area contributed by atoms with Crippen molar-refractivity contribution in [3.63, 3.8) is 0 Å². The van der Waals surface area contributed by atoms with Gasteiger partial charge in [0.2, 0.25) is 0 Å². The molecule has 3 heterocycles. The summed E-state index contributed by atoms with van der Waals surface area (Å²) in [5.41, 5.74) is -0.315. The molecule has 2 aliphatic rings. The monoisotopic (exact) mass is 527 g/mol. The van der Waals surface area contributed by atoms with Crippen molar-refractivity contribution in [2.45, 2.75) is 44.4 Å². The molecule has 1 aliphatic carbocycles. The molecule has 1 amide bonds. The summed E-state index contributed by atoms with van der Waals surface area (Å²) in [6.45, 7) is 3.38. The number of nitrogens with one attached hydrogen (secondary N) is 2. The molecule has 11 heteroatoms. The van der Waals surface area contributed by atoms with Crippen molar-refractivity contribution in [3.8, 4) is 11.3 Å². The quantitative estimate of drug-likeness (QED) is 0.354. The number of anilines is 2. The van der Waals surface area contributed by atoms with Crippen LogP contribution in [0.1, 0.15) is 37.4 Å². The molecule has 2 aromatic heterocycles. The lowest BCUT2D eigenvalue weighted by molar-refractivity contribution is 0.150. The highest BCUT2D eigenvalue weighted by Crippen LogP contribution is 2.46. The lowest BCUT2D eigenvalue weighted by Crippen LogP contribution is -2.50. The summed E-state index contributed by atoms with van der Waals surface area (Å²) in [7, 11) is 0. The molecule has 200 valence electrons. The van der Waals surface area contributed by atoms with E-state index in [4.69, 9.17) is 5.11 Å². The molecule has 1 saturated heterocycles. The second-order valence-corrected chi connectivity index (χ2v) is 10.1. The average Bonchev–Trinajstić information content (AvgIpc) is 3.61. The minimum Gasteiger partial charge on any atom is -0.465 e. The predicted molar refractivity (Wildman–Crippen MR) is 135 cm³/mol. The molecule has 0 bridgehead atoms. The van der Waals surface area contributed by atoms with Crippen LogP contribution in [0.5, 0.6) is 0 Å². The zero-order valence-corrected chi connectivity index (χ0v) is 20.7. The maximum Gasteiger partial charge on any atom is 0.404 e. The molecular weight excluding hydrogens is 499 g/mol. The number of halogens is 3. The van der Waals surface area contributed by atoms with Crippen LogP contribution >= 0.6 is 0 Å². The minimum absolute atomic E-state index is 0.118. The highest BCUT2D eigenvalue weighted by Gasteiger charge is 2.43. The molecule has 0 radical (unpaired) electrons. The Kier molecular flexibility index (Phi) is 6.87. The van der Waals surface area contributed by atoms with E-state index in [1.165, 1.54) is 6.07 Å². The fraction of sp³-hybridized carbons (Fsp3) is 0.370. The molecule has 4 N–H and O–H groups in total. The third kappa shape index (κ3) is 5.38. The van der Waals surface area contributed by atoms with Crippen LogP contribution in [0.15, 0.2) is 42.7 Å². The zero-order valence-electron chi connectivity index (χ0n) is 20.7. The van der Waals surface area contributed by atoms with Gasteiger partial charge in [-0.2, -0.15) is 0 Å². The van der Waals surface area contributed by atoms with E-state index in [2.05, 4.69) is 32.4 Å². The van der Waals surface area contributed by atoms with Gasteiger partial charge < -0.3 is 25.7 Å². The molecule has 1 saturated carbocycles. The molecular formula is C27H28F3N5O3. The van der Waals surface area contributed by atoms with E-state index in [1.54, 1.807) is 12.4 Å². The van der Waals surface area contributed by atoms with Gasteiger partial charge in [-0.3, -0.25) is 4.98 Å². The van der Waals surface area contributed by atoms with Gasteiger partial charge >= 0.3 is 6.09 Å². The van der Waals surface area contributed by atoms with E-state index in [1.807, 2.05) is 6.07 Å². The van der Waals surface area contributed by atoms with Crippen LogP contribution in [-0.4, -0.2) is 45.4 Å². The van der Waals surface area contributed by atoms with Crippen LogP contribution in [0, 0.1) is 23.4 Å². The standard InChI is InChI=1S/C27H28F3N5O3/c1-15-8-18(34-26(36)37)14-35(13-15)23-4-7-31-12-22(23)32-11-17-2-3-19(28)25(33-17)24-20(29)9-16(10-21(24)30)27(38)5-6-27/h2-4,7,9-10,12,15,18,32,34,38H,5-6,8,11,13-14H2,1H3,(H,36,37)/t15-,18+/m1/s1. The van der Waals surface area contributed by atoms with E-state index in [0.717, 1.165) is 36.9 Å². The van der Waals surface area contributed by atoms with Gasteiger partial charge in [0.1, 0.15) is 23.1 Å².